The van der Waals surface area contributed by atoms with Crippen molar-refractivity contribution in [1.82, 2.24) is 25.2 Å². The summed E-state index contributed by atoms with van der Waals surface area (Å²) in [6.07, 6.45) is 7.97. The molecule has 3 aliphatic heterocycles. The van der Waals surface area contributed by atoms with E-state index in [0.717, 1.165) is 32.1 Å². The third-order valence-electron chi connectivity index (χ3n) is 12.1. The van der Waals surface area contributed by atoms with Gasteiger partial charge in [0.25, 0.3) is 5.91 Å². The Hall–Kier alpha value is -4.21. The molecule has 16 heteroatoms. The molecule has 0 aromatic heterocycles. The SMILES string of the molecule is O=C(N[C@H]1CCCCC/C=C\[C@@H]2C[C@@]2(C(=O)NS(=O)(=O)C2CC2)NC(=O)[C@@H]2C[C@@H](OC(=O)N3Cc4cccc(F)c4C3)CN2C1=O)O[C@@H]1C[C@@H]2C[C@@H]2C1. The second kappa shape index (κ2) is 13.9. The molecule has 1 aromatic rings. The van der Waals surface area contributed by atoms with Crippen molar-refractivity contribution in [3.05, 3.63) is 47.3 Å². The van der Waals surface area contributed by atoms with Crippen molar-refractivity contribution in [1.29, 1.82) is 0 Å². The molecular formula is C37H46FN5O9S. The van der Waals surface area contributed by atoms with E-state index in [9.17, 15) is 36.8 Å². The van der Waals surface area contributed by atoms with Crippen LogP contribution in [0.1, 0.15) is 88.2 Å². The molecule has 3 heterocycles. The van der Waals surface area contributed by atoms with Gasteiger partial charge < -0.3 is 25.0 Å². The number of benzene rings is 1. The number of hydrogen-bond donors (Lipinski definition) is 3. The number of carbonyl (C=O) groups is 5. The highest BCUT2D eigenvalue weighted by Crippen LogP contribution is 2.52. The standard InChI is InChI=1S/C37H46FN5O9S/c38-29-9-6-7-21-18-42(20-28(21)29)36(48)52-26-16-31-32(44)40-37(34(46)41-53(49,50)27-11-12-27)17-24(37)8-4-2-1-3-5-10-30(33(45)43(31)19-26)39-35(47)51-25-14-22-13-23(22)15-25/h4,6-9,22-27,30-31H,1-3,5,10-20H2,(H,39,47)(H,40,44)(H,41,46)/b8-4-/t22-,23+,24-,25+,26-,30+,31+,37-/m1/s1. The molecule has 8 atom stereocenters. The lowest BCUT2D eigenvalue weighted by Crippen LogP contribution is -2.58. The van der Waals surface area contributed by atoms with E-state index in [1.165, 1.54) is 15.9 Å². The number of alkyl carbamates (subject to hydrolysis) is 1. The molecule has 0 spiro atoms. The van der Waals surface area contributed by atoms with E-state index in [4.69, 9.17) is 9.47 Å². The van der Waals surface area contributed by atoms with Crippen molar-refractivity contribution >= 4 is 39.9 Å². The van der Waals surface area contributed by atoms with Crippen LogP contribution in [0.4, 0.5) is 14.0 Å². The number of sulfonamides is 1. The first-order chi connectivity index (χ1) is 25.4. The van der Waals surface area contributed by atoms with Crippen molar-refractivity contribution < 1.29 is 46.3 Å². The lowest BCUT2D eigenvalue weighted by molar-refractivity contribution is -0.141. The summed E-state index contributed by atoms with van der Waals surface area (Å²) in [5.41, 5.74) is -0.492. The van der Waals surface area contributed by atoms with Gasteiger partial charge in [0.1, 0.15) is 35.6 Å². The average molecular weight is 756 g/mol. The van der Waals surface area contributed by atoms with E-state index in [2.05, 4.69) is 15.4 Å². The van der Waals surface area contributed by atoms with Gasteiger partial charge in [0.05, 0.1) is 18.3 Å². The first-order valence-electron chi connectivity index (χ1n) is 18.9. The van der Waals surface area contributed by atoms with E-state index >= 15 is 0 Å². The Balaban J connectivity index is 1.02. The first-order valence-corrected chi connectivity index (χ1v) is 20.5. The maximum atomic E-state index is 14.4. The molecule has 5 amide bonds. The maximum absolute atomic E-state index is 14.4. The topological polar surface area (TPSA) is 181 Å². The van der Waals surface area contributed by atoms with Gasteiger partial charge >= 0.3 is 12.2 Å². The minimum absolute atomic E-state index is 0.00696. The van der Waals surface area contributed by atoms with Crippen LogP contribution in [0.15, 0.2) is 30.4 Å². The average Bonchev–Trinajstić information content (AvgIpc) is 4.07. The van der Waals surface area contributed by atoms with Gasteiger partial charge in [-0.05, 0) is 81.3 Å². The fourth-order valence-electron chi connectivity index (χ4n) is 8.66. The zero-order valence-electron chi connectivity index (χ0n) is 29.5. The molecule has 7 aliphatic rings. The third kappa shape index (κ3) is 7.47. The Kier molecular flexibility index (Phi) is 9.38. The Morgan fingerprint density at radius 3 is 2.49 bits per heavy atom. The predicted molar refractivity (Wildman–Crippen MR) is 185 cm³/mol. The van der Waals surface area contributed by atoms with Crippen molar-refractivity contribution in [3.63, 3.8) is 0 Å². The van der Waals surface area contributed by atoms with E-state index in [1.807, 2.05) is 12.2 Å². The van der Waals surface area contributed by atoms with Gasteiger partial charge in [0, 0.05) is 24.4 Å². The van der Waals surface area contributed by atoms with Crippen LogP contribution in [0, 0.1) is 23.6 Å². The Bertz CT molecular complexity index is 1830. The summed E-state index contributed by atoms with van der Waals surface area (Å²) < 4.78 is 53.7. The molecule has 5 fully saturated rings. The smallest absolute Gasteiger partial charge is 0.410 e. The molecule has 0 bridgehead atoms. The van der Waals surface area contributed by atoms with Crippen molar-refractivity contribution in [2.24, 2.45) is 17.8 Å². The van der Waals surface area contributed by atoms with E-state index in [1.54, 1.807) is 12.1 Å². The lowest BCUT2D eigenvalue weighted by Gasteiger charge is -2.30. The zero-order valence-corrected chi connectivity index (χ0v) is 30.3. The molecule has 1 aromatic carbocycles. The number of nitrogens with zero attached hydrogens (tertiary/aromatic N) is 2. The van der Waals surface area contributed by atoms with Gasteiger partial charge in [0.2, 0.25) is 21.8 Å². The van der Waals surface area contributed by atoms with Crippen LogP contribution >= 0.6 is 0 Å². The van der Waals surface area contributed by atoms with Gasteiger partial charge in [0.15, 0.2) is 0 Å². The lowest BCUT2D eigenvalue weighted by atomic mass is 10.0. The van der Waals surface area contributed by atoms with Crippen LogP contribution in [0.2, 0.25) is 0 Å². The molecule has 0 radical (unpaired) electrons. The van der Waals surface area contributed by atoms with Crippen LogP contribution in [-0.4, -0.2) is 89.8 Å². The fourth-order valence-corrected chi connectivity index (χ4v) is 10.0. The second-order valence-electron chi connectivity index (χ2n) is 15.9. The normalized spacial score (nSPS) is 34.2. The summed E-state index contributed by atoms with van der Waals surface area (Å²) in [6.45, 7) is -0.0271. The molecule has 4 saturated carbocycles. The zero-order chi connectivity index (χ0) is 37.1. The first kappa shape index (κ1) is 35.8. The van der Waals surface area contributed by atoms with Gasteiger partial charge in [-0.2, -0.15) is 0 Å². The fraction of sp³-hybridized carbons (Fsp3) is 0.649. The molecule has 8 rings (SSSR count). The quantitative estimate of drug-likeness (QED) is 0.368. The minimum atomic E-state index is -3.92. The third-order valence-corrected chi connectivity index (χ3v) is 13.9. The van der Waals surface area contributed by atoms with Gasteiger partial charge in [-0.1, -0.05) is 37.1 Å². The summed E-state index contributed by atoms with van der Waals surface area (Å²) in [5, 5.41) is 4.92. The largest absolute Gasteiger partial charge is 0.446 e. The van der Waals surface area contributed by atoms with Crippen LogP contribution in [0.25, 0.3) is 0 Å². The number of amides is 5. The second-order valence-corrected chi connectivity index (χ2v) is 17.9. The van der Waals surface area contributed by atoms with Gasteiger partial charge in [-0.25, -0.2) is 22.4 Å². The molecule has 3 N–H and O–H groups in total. The number of fused-ring (bicyclic) bond motifs is 4. The Morgan fingerprint density at radius 1 is 0.943 bits per heavy atom. The number of nitrogens with one attached hydrogen (secondary N) is 3. The molecule has 286 valence electrons. The predicted octanol–water partition coefficient (Wildman–Crippen LogP) is 3.14. The minimum Gasteiger partial charge on any atom is -0.446 e. The molecule has 1 saturated heterocycles. The number of allylic oxidation sites excluding steroid dienone is 1. The van der Waals surface area contributed by atoms with Crippen LogP contribution in [0.3, 0.4) is 0 Å². The van der Waals surface area contributed by atoms with Gasteiger partial charge in [-0.15, -0.1) is 0 Å². The highest BCUT2D eigenvalue weighted by atomic mass is 32.2. The van der Waals surface area contributed by atoms with E-state index < -0.39 is 80.6 Å². The van der Waals surface area contributed by atoms with Crippen molar-refractivity contribution in [2.45, 2.75) is 125 Å². The number of carbonyl (C=O) groups excluding carboxylic acids is 5. The molecule has 0 unspecified atom stereocenters. The van der Waals surface area contributed by atoms with Crippen LogP contribution in [0.5, 0.6) is 0 Å². The Morgan fingerprint density at radius 2 is 1.74 bits per heavy atom. The summed E-state index contributed by atoms with van der Waals surface area (Å²) in [7, 11) is -3.92. The Labute approximate surface area is 307 Å². The maximum Gasteiger partial charge on any atom is 0.410 e. The summed E-state index contributed by atoms with van der Waals surface area (Å²) >= 11 is 0. The number of hydrogen-bond acceptors (Lipinski definition) is 9. The summed E-state index contributed by atoms with van der Waals surface area (Å²) in [4.78, 5) is 71.4. The van der Waals surface area contributed by atoms with Crippen LogP contribution < -0.4 is 15.4 Å². The van der Waals surface area contributed by atoms with Crippen molar-refractivity contribution in [3.8, 4) is 0 Å². The summed E-state index contributed by atoms with van der Waals surface area (Å²) in [5.74, 6) is -1.81. The number of ether oxygens (including phenoxy) is 2. The van der Waals surface area contributed by atoms with E-state index in [0.29, 0.717) is 48.6 Å². The van der Waals surface area contributed by atoms with Crippen LogP contribution in [-0.2, 0) is 47.0 Å². The highest BCUT2D eigenvalue weighted by Gasteiger charge is 2.62. The van der Waals surface area contributed by atoms with Crippen molar-refractivity contribution in [2.75, 3.05) is 6.54 Å². The molecule has 4 aliphatic carbocycles. The summed E-state index contributed by atoms with van der Waals surface area (Å²) in [6, 6.07) is 2.38. The highest BCUT2D eigenvalue weighted by molar-refractivity contribution is 7.91. The van der Waals surface area contributed by atoms with E-state index in [-0.39, 0.29) is 45.0 Å². The van der Waals surface area contributed by atoms with Gasteiger partial charge in [-0.3, -0.25) is 24.0 Å². The number of halogens is 1. The molecule has 53 heavy (non-hydrogen) atoms. The monoisotopic (exact) mass is 755 g/mol. The molecule has 14 nitrogen and oxygen atoms in total. The molecular weight excluding hydrogens is 709 g/mol. The number of rotatable bonds is 6.